The summed E-state index contributed by atoms with van der Waals surface area (Å²) in [5.41, 5.74) is 6.39. The second kappa shape index (κ2) is 4.22. The van der Waals surface area contributed by atoms with E-state index in [4.69, 9.17) is 5.73 Å². The van der Waals surface area contributed by atoms with Crippen LogP contribution in [0.25, 0.3) is 10.9 Å². The molecule has 3 rings (SSSR count). The molecule has 2 N–H and O–H groups in total. The Morgan fingerprint density at radius 2 is 2.11 bits per heavy atom. The molecule has 4 heteroatoms. The lowest BCUT2D eigenvalue weighted by Crippen LogP contribution is -2.06. The summed E-state index contributed by atoms with van der Waals surface area (Å²) in [6.07, 6.45) is 8.88. The van der Waals surface area contributed by atoms with Gasteiger partial charge in [-0.15, -0.1) is 0 Å². The first-order chi connectivity index (χ1) is 8.75. The number of anilines is 1. The van der Waals surface area contributed by atoms with Gasteiger partial charge in [-0.1, -0.05) is 30.4 Å². The number of nitrogen functional groups attached to an aromatic ring is 1. The van der Waals surface area contributed by atoms with Crippen molar-refractivity contribution in [1.29, 1.82) is 0 Å². The van der Waals surface area contributed by atoms with Crippen LogP contribution in [0.5, 0.6) is 0 Å². The molecule has 1 unspecified atom stereocenters. The Bertz CT molecular complexity index is 661. The van der Waals surface area contributed by atoms with Crippen molar-refractivity contribution in [1.82, 2.24) is 9.97 Å². The van der Waals surface area contributed by atoms with Crippen LogP contribution in [0.4, 0.5) is 10.2 Å². The lowest BCUT2D eigenvalue weighted by molar-refractivity contribution is 0.639. The molecule has 18 heavy (non-hydrogen) atoms. The summed E-state index contributed by atoms with van der Waals surface area (Å²) in [7, 11) is 0. The van der Waals surface area contributed by atoms with E-state index in [1.54, 1.807) is 12.1 Å². The average Bonchev–Trinajstić information content (AvgIpc) is 2.39. The van der Waals surface area contributed by atoms with Crippen LogP contribution in [0.15, 0.2) is 42.5 Å². The molecule has 3 nitrogen and oxygen atoms in total. The molecule has 0 bridgehead atoms. The van der Waals surface area contributed by atoms with Crippen LogP contribution in [0.2, 0.25) is 0 Å². The lowest BCUT2D eigenvalue weighted by atomic mass is 10.00. The van der Waals surface area contributed by atoms with E-state index >= 15 is 0 Å². The van der Waals surface area contributed by atoms with Gasteiger partial charge < -0.3 is 5.73 Å². The third kappa shape index (κ3) is 1.76. The number of halogens is 1. The molecule has 1 aliphatic carbocycles. The van der Waals surface area contributed by atoms with Gasteiger partial charge in [0.2, 0.25) is 0 Å². The molecular formula is C14H12FN3. The number of fused-ring (bicyclic) bond motifs is 1. The summed E-state index contributed by atoms with van der Waals surface area (Å²) in [6.45, 7) is 0. The molecule has 1 atom stereocenters. The van der Waals surface area contributed by atoms with Crippen molar-refractivity contribution in [2.45, 2.75) is 12.3 Å². The Morgan fingerprint density at radius 3 is 2.89 bits per heavy atom. The van der Waals surface area contributed by atoms with Crippen LogP contribution in [-0.4, -0.2) is 9.97 Å². The number of aromatic nitrogens is 2. The van der Waals surface area contributed by atoms with E-state index in [2.05, 4.69) is 16.0 Å². The van der Waals surface area contributed by atoms with Crippen molar-refractivity contribution >= 4 is 16.7 Å². The summed E-state index contributed by atoms with van der Waals surface area (Å²) >= 11 is 0. The number of nitrogens with two attached hydrogens (primary N) is 1. The molecule has 1 aliphatic rings. The number of allylic oxidation sites excluding steroid dienone is 4. The van der Waals surface area contributed by atoms with Crippen molar-refractivity contribution in [2.75, 3.05) is 5.73 Å². The van der Waals surface area contributed by atoms with Crippen molar-refractivity contribution < 1.29 is 4.39 Å². The third-order valence-electron chi connectivity index (χ3n) is 3.03. The van der Waals surface area contributed by atoms with E-state index in [1.165, 1.54) is 6.07 Å². The second-order valence-corrected chi connectivity index (χ2v) is 4.26. The highest BCUT2D eigenvalue weighted by atomic mass is 19.1. The van der Waals surface area contributed by atoms with Crippen LogP contribution in [0, 0.1) is 5.82 Å². The van der Waals surface area contributed by atoms with Gasteiger partial charge in [0.05, 0.1) is 10.9 Å². The molecule has 0 saturated carbocycles. The van der Waals surface area contributed by atoms with E-state index in [9.17, 15) is 4.39 Å². The Kier molecular flexibility index (Phi) is 2.55. The summed E-state index contributed by atoms with van der Waals surface area (Å²) in [4.78, 5) is 8.63. The van der Waals surface area contributed by atoms with Gasteiger partial charge in [0, 0.05) is 5.92 Å². The minimum Gasteiger partial charge on any atom is -0.383 e. The van der Waals surface area contributed by atoms with Crippen LogP contribution < -0.4 is 5.73 Å². The SMILES string of the molecule is Nc1nc(C2C=CC=CC2)nc2cccc(F)c12. The molecule has 1 aromatic heterocycles. The smallest absolute Gasteiger partial charge is 0.138 e. The van der Waals surface area contributed by atoms with Gasteiger partial charge in [0.25, 0.3) is 0 Å². The highest BCUT2D eigenvalue weighted by Gasteiger charge is 2.15. The number of nitrogens with zero attached hydrogens (tertiary/aromatic N) is 2. The predicted molar refractivity (Wildman–Crippen MR) is 69.5 cm³/mol. The first-order valence-electron chi connectivity index (χ1n) is 5.80. The molecule has 0 amide bonds. The third-order valence-corrected chi connectivity index (χ3v) is 3.03. The molecule has 2 aromatic rings. The minimum absolute atomic E-state index is 0.116. The summed E-state index contributed by atoms with van der Waals surface area (Å²) < 4.78 is 13.6. The first-order valence-corrected chi connectivity index (χ1v) is 5.80. The first kappa shape index (κ1) is 10.9. The highest BCUT2D eigenvalue weighted by Crippen LogP contribution is 2.27. The predicted octanol–water partition coefficient (Wildman–Crippen LogP) is 2.95. The molecule has 0 spiro atoms. The number of hydrogen-bond acceptors (Lipinski definition) is 3. The maximum absolute atomic E-state index is 13.6. The van der Waals surface area contributed by atoms with Gasteiger partial charge in [-0.25, -0.2) is 14.4 Å². The fraction of sp³-hybridized carbons (Fsp3) is 0.143. The van der Waals surface area contributed by atoms with E-state index < -0.39 is 0 Å². The van der Waals surface area contributed by atoms with E-state index in [0.29, 0.717) is 16.7 Å². The highest BCUT2D eigenvalue weighted by molar-refractivity contribution is 5.88. The average molecular weight is 241 g/mol. The zero-order valence-corrected chi connectivity index (χ0v) is 9.68. The van der Waals surface area contributed by atoms with Gasteiger partial charge in [0.15, 0.2) is 0 Å². The van der Waals surface area contributed by atoms with Gasteiger partial charge >= 0.3 is 0 Å². The topological polar surface area (TPSA) is 51.8 Å². The van der Waals surface area contributed by atoms with Crippen molar-refractivity contribution in [3.63, 3.8) is 0 Å². The Labute approximate surface area is 104 Å². The summed E-state index contributed by atoms with van der Waals surface area (Å²) in [5.74, 6) is 0.586. The Balaban J connectivity index is 2.16. The zero-order chi connectivity index (χ0) is 12.5. The molecule has 0 aliphatic heterocycles. The molecular weight excluding hydrogens is 229 g/mol. The fourth-order valence-electron chi connectivity index (χ4n) is 2.13. The van der Waals surface area contributed by atoms with Gasteiger partial charge in [-0.3, -0.25) is 0 Å². The molecule has 0 fully saturated rings. The van der Waals surface area contributed by atoms with Gasteiger partial charge in [-0.05, 0) is 18.6 Å². The maximum Gasteiger partial charge on any atom is 0.138 e. The molecule has 0 radical (unpaired) electrons. The van der Waals surface area contributed by atoms with Crippen molar-refractivity contribution in [3.05, 3.63) is 54.1 Å². The summed E-state index contributed by atoms with van der Waals surface area (Å²) in [6, 6.07) is 4.75. The fourth-order valence-corrected chi connectivity index (χ4v) is 2.13. The van der Waals surface area contributed by atoms with E-state index in [-0.39, 0.29) is 17.6 Å². The minimum atomic E-state index is -0.379. The normalized spacial score (nSPS) is 18.4. The van der Waals surface area contributed by atoms with Crippen LogP contribution in [0.3, 0.4) is 0 Å². The standard InChI is InChI=1S/C14H12FN3/c15-10-7-4-8-11-12(10)13(16)18-14(17-11)9-5-2-1-3-6-9/h1-5,7-9H,6H2,(H2,16,17,18). The van der Waals surface area contributed by atoms with Gasteiger partial charge in [0.1, 0.15) is 17.5 Å². The maximum atomic E-state index is 13.6. The van der Waals surface area contributed by atoms with Crippen molar-refractivity contribution in [3.8, 4) is 0 Å². The number of rotatable bonds is 1. The molecule has 1 aromatic carbocycles. The van der Waals surface area contributed by atoms with E-state index in [1.807, 2.05) is 18.2 Å². The molecule has 1 heterocycles. The number of benzene rings is 1. The second-order valence-electron chi connectivity index (χ2n) is 4.26. The summed E-state index contributed by atoms with van der Waals surface area (Å²) in [5, 5.41) is 0.302. The van der Waals surface area contributed by atoms with Crippen LogP contribution in [-0.2, 0) is 0 Å². The lowest BCUT2D eigenvalue weighted by Gasteiger charge is -2.13. The van der Waals surface area contributed by atoms with Crippen LogP contribution in [0.1, 0.15) is 18.2 Å². The Hall–Kier alpha value is -2.23. The van der Waals surface area contributed by atoms with E-state index in [0.717, 1.165) is 6.42 Å². The zero-order valence-electron chi connectivity index (χ0n) is 9.68. The Morgan fingerprint density at radius 1 is 1.22 bits per heavy atom. The van der Waals surface area contributed by atoms with Gasteiger partial charge in [-0.2, -0.15) is 0 Å². The quantitative estimate of drug-likeness (QED) is 0.835. The molecule has 0 saturated heterocycles. The monoisotopic (exact) mass is 241 g/mol. The van der Waals surface area contributed by atoms with Crippen molar-refractivity contribution in [2.24, 2.45) is 0 Å². The molecule has 90 valence electrons. The largest absolute Gasteiger partial charge is 0.383 e. The van der Waals surface area contributed by atoms with Crippen LogP contribution >= 0.6 is 0 Å². The number of hydrogen-bond donors (Lipinski definition) is 1.